The molecule has 170 valence electrons. The quantitative estimate of drug-likeness (QED) is 0.156. The number of anilines is 2. The van der Waals surface area contributed by atoms with Gasteiger partial charge in [-0.05, 0) is 55.9 Å². The van der Waals surface area contributed by atoms with Gasteiger partial charge >= 0.3 is 0 Å². The van der Waals surface area contributed by atoms with Gasteiger partial charge in [-0.2, -0.15) is 0 Å². The minimum atomic E-state index is 0.429. The number of H-pyrrole nitrogens is 1. The van der Waals surface area contributed by atoms with Gasteiger partial charge in [-0.15, -0.1) is 0 Å². The molecule has 4 rings (SSSR count). The van der Waals surface area contributed by atoms with Crippen molar-refractivity contribution < 1.29 is 0 Å². The number of rotatable bonds is 5. The number of aromatic nitrogens is 2. The van der Waals surface area contributed by atoms with Crippen molar-refractivity contribution in [1.82, 2.24) is 15.3 Å². The van der Waals surface area contributed by atoms with Crippen molar-refractivity contribution in [2.75, 3.05) is 18.9 Å². The van der Waals surface area contributed by atoms with Crippen LogP contribution in [-0.4, -0.2) is 29.9 Å². The van der Waals surface area contributed by atoms with E-state index in [-0.39, 0.29) is 0 Å². The van der Waals surface area contributed by atoms with E-state index < -0.39 is 0 Å². The normalized spacial score (nSPS) is 10.2. The first-order chi connectivity index (χ1) is 15.5. The standard InChI is InChI=1S/C20H17Cl3N4.C2H6.CH4N2/c1-24-5-4-11-6-13(26-19-9-16(22)17(23)10-25-19)8-15-14-7-12(21)2-3-18(14)27-20(11)15;1-2;2-1-3/h2-3,6-10,24,27H,4-5H2,1H3,(H,25,26);1-2H3;1H,(H3,2,3). The monoisotopic (exact) mass is 492 g/mol. The van der Waals surface area contributed by atoms with Gasteiger partial charge in [-0.1, -0.05) is 48.7 Å². The van der Waals surface area contributed by atoms with Gasteiger partial charge in [0.15, 0.2) is 0 Å². The number of halogens is 3. The Balaban J connectivity index is 0.000000671. The molecule has 0 radical (unpaired) electrons. The largest absolute Gasteiger partial charge is 0.390 e. The van der Waals surface area contributed by atoms with Crippen LogP contribution in [0.4, 0.5) is 11.5 Å². The number of pyridine rings is 1. The fourth-order valence-corrected chi connectivity index (χ4v) is 3.63. The SMILES string of the molecule is CC.CNCCc1cc(Nc2cc(Cl)c(Cl)cn2)cc2c1[nH]c1ccc(Cl)cc12.N=CN. The summed E-state index contributed by atoms with van der Waals surface area (Å²) >= 11 is 18.3. The summed E-state index contributed by atoms with van der Waals surface area (Å²) in [6.45, 7) is 4.87. The van der Waals surface area contributed by atoms with E-state index in [2.05, 4.69) is 38.5 Å². The maximum atomic E-state index is 6.22. The molecule has 0 aliphatic heterocycles. The van der Waals surface area contributed by atoms with E-state index in [4.69, 9.17) is 40.2 Å². The number of fused-ring (bicyclic) bond motifs is 3. The molecule has 2 aromatic heterocycles. The Morgan fingerprint density at radius 2 is 1.78 bits per heavy atom. The van der Waals surface area contributed by atoms with E-state index in [1.54, 1.807) is 6.07 Å². The summed E-state index contributed by atoms with van der Waals surface area (Å²) in [5.74, 6) is 0.640. The fraction of sp³-hybridized carbons (Fsp3) is 0.217. The predicted octanol–water partition coefficient (Wildman–Crippen LogP) is 6.76. The van der Waals surface area contributed by atoms with Crippen LogP contribution in [0.15, 0.2) is 42.6 Å². The van der Waals surface area contributed by atoms with Crippen molar-refractivity contribution in [1.29, 1.82) is 5.41 Å². The minimum absolute atomic E-state index is 0.429. The van der Waals surface area contributed by atoms with E-state index in [1.165, 1.54) is 11.8 Å². The topological polar surface area (TPSA) is 103 Å². The lowest BCUT2D eigenvalue weighted by Crippen LogP contribution is -2.10. The Labute approximate surface area is 203 Å². The van der Waals surface area contributed by atoms with Gasteiger partial charge in [0.05, 0.1) is 16.4 Å². The molecular formula is C23H27Cl3N6. The second kappa shape index (κ2) is 12.5. The smallest absolute Gasteiger partial charge is 0.131 e. The summed E-state index contributed by atoms with van der Waals surface area (Å²) in [5, 5.41) is 16.2. The number of nitrogens with two attached hydrogens (primary N) is 1. The maximum absolute atomic E-state index is 6.22. The van der Waals surface area contributed by atoms with E-state index in [0.717, 1.165) is 46.8 Å². The van der Waals surface area contributed by atoms with Gasteiger partial charge in [0.1, 0.15) is 5.82 Å². The van der Waals surface area contributed by atoms with Crippen LogP contribution in [0, 0.1) is 5.41 Å². The van der Waals surface area contributed by atoms with Crippen LogP contribution in [0.2, 0.25) is 15.1 Å². The third-order valence-corrected chi connectivity index (χ3v) is 5.42. The lowest BCUT2D eigenvalue weighted by atomic mass is 10.0. The molecule has 0 fully saturated rings. The summed E-state index contributed by atoms with van der Waals surface area (Å²) in [7, 11) is 1.95. The number of nitrogens with one attached hydrogen (secondary N) is 4. The molecule has 0 saturated carbocycles. The molecule has 0 bridgehead atoms. The van der Waals surface area contributed by atoms with Crippen LogP contribution in [0.1, 0.15) is 19.4 Å². The summed E-state index contributed by atoms with van der Waals surface area (Å²) in [5.41, 5.74) is 8.71. The van der Waals surface area contributed by atoms with Crippen LogP contribution >= 0.6 is 34.8 Å². The predicted molar refractivity (Wildman–Crippen MR) is 140 cm³/mol. The maximum Gasteiger partial charge on any atom is 0.131 e. The van der Waals surface area contributed by atoms with E-state index in [1.807, 2.05) is 39.1 Å². The zero-order valence-corrected chi connectivity index (χ0v) is 20.5. The van der Waals surface area contributed by atoms with Gasteiger partial charge in [-0.25, -0.2) is 4.98 Å². The van der Waals surface area contributed by atoms with Gasteiger partial charge in [0.2, 0.25) is 0 Å². The molecular weight excluding hydrogens is 467 g/mol. The second-order valence-corrected chi connectivity index (χ2v) is 7.75. The highest BCUT2D eigenvalue weighted by molar-refractivity contribution is 6.42. The van der Waals surface area contributed by atoms with E-state index in [0.29, 0.717) is 20.9 Å². The van der Waals surface area contributed by atoms with Crippen LogP contribution in [-0.2, 0) is 6.42 Å². The average Bonchev–Trinajstić information content (AvgIpc) is 3.14. The Hall–Kier alpha value is -2.51. The number of hydrogen-bond donors (Lipinski definition) is 5. The minimum Gasteiger partial charge on any atom is -0.390 e. The van der Waals surface area contributed by atoms with Crippen LogP contribution in [0.3, 0.4) is 0 Å². The first-order valence-corrected chi connectivity index (χ1v) is 11.3. The molecule has 0 spiro atoms. The van der Waals surface area contributed by atoms with Crippen LogP contribution in [0.25, 0.3) is 21.8 Å². The molecule has 0 unspecified atom stereocenters. The number of likely N-dealkylation sites (N-methyl/N-ethyl adjacent to an activating group) is 1. The fourth-order valence-electron chi connectivity index (χ4n) is 3.20. The highest BCUT2D eigenvalue weighted by Gasteiger charge is 2.12. The van der Waals surface area contributed by atoms with E-state index in [9.17, 15) is 0 Å². The van der Waals surface area contributed by atoms with Crippen LogP contribution < -0.4 is 16.4 Å². The molecule has 6 nitrogen and oxygen atoms in total. The van der Waals surface area contributed by atoms with Gasteiger partial charge in [-0.3, -0.25) is 5.41 Å². The third-order valence-electron chi connectivity index (χ3n) is 4.48. The third kappa shape index (κ3) is 6.26. The summed E-state index contributed by atoms with van der Waals surface area (Å²) in [6, 6.07) is 11.8. The van der Waals surface area contributed by atoms with Gasteiger partial charge in [0, 0.05) is 44.8 Å². The van der Waals surface area contributed by atoms with Gasteiger partial charge in [0.25, 0.3) is 0 Å². The van der Waals surface area contributed by atoms with Crippen molar-refractivity contribution in [3.05, 3.63) is 63.2 Å². The van der Waals surface area contributed by atoms with Crippen LogP contribution in [0.5, 0.6) is 0 Å². The molecule has 0 amide bonds. The molecule has 0 saturated heterocycles. The molecule has 4 aromatic rings. The second-order valence-electron chi connectivity index (χ2n) is 6.50. The average molecular weight is 494 g/mol. The Morgan fingerprint density at radius 3 is 2.44 bits per heavy atom. The lowest BCUT2D eigenvalue weighted by molar-refractivity contribution is 0.794. The molecule has 0 aliphatic carbocycles. The van der Waals surface area contributed by atoms with Crippen molar-refractivity contribution in [2.45, 2.75) is 20.3 Å². The Morgan fingerprint density at radius 1 is 1.06 bits per heavy atom. The number of nitrogens with zero attached hydrogens (tertiary/aromatic N) is 1. The van der Waals surface area contributed by atoms with Gasteiger partial charge < -0.3 is 21.4 Å². The number of hydrogen-bond acceptors (Lipinski definition) is 4. The first kappa shape index (κ1) is 25.7. The molecule has 6 N–H and O–H groups in total. The number of aromatic amines is 1. The Bertz CT molecular complexity index is 1190. The molecule has 9 heteroatoms. The summed E-state index contributed by atoms with van der Waals surface area (Å²) in [4.78, 5) is 7.82. The van der Waals surface area contributed by atoms with Crippen molar-refractivity contribution in [3.8, 4) is 0 Å². The summed E-state index contributed by atoms with van der Waals surface area (Å²) in [6.07, 6.45) is 3.18. The van der Waals surface area contributed by atoms with Crippen molar-refractivity contribution >= 4 is 74.5 Å². The molecule has 2 heterocycles. The molecule has 0 atom stereocenters. The van der Waals surface area contributed by atoms with E-state index >= 15 is 0 Å². The first-order valence-electron chi connectivity index (χ1n) is 10.1. The van der Waals surface area contributed by atoms with Crippen molar-refractivity contribution in [3.63, 3.8) is 0 Å². The number of benzene rings is 2. The summed E-state index contributed by atoms with van der Waals surface area (Å²) < 4.78 is 0. The lowest BCUT2D eigenvalue weighted by Gasteiger charge is -2.10. The zero-order chi connectivity index (χ0) is 23.7. The van der Waals surface area contributed by atoms with Crippen molar-refractivity contribution in [2.24, 2.45) is 5.73 Å². The highest BCUT2D eigenvalue weighted by atomic mass is 35.5. The molecule has 0 aliphatic rings. The highest BCUT2D eigenvalue weighted by Crippen LogP contribution is 2.34. The molecule has 2 aromatic carbocycles. The Kier molecular flexibility index (Phi) is 10.1. The molecule has 32 heavy (non-hydrogen) atoms. The zero-order valence-electron chi connectivity index (χ0n) is 18.2.